The van der Waals surface area contributed by atoms with Crippen LogP contribution in [0.4, 0.5) is 5.69 Å². The zero-order chi connectivity index (χ0) is 20.8. The lowest BCUT2D eigenvalue weighted by molar-refractivity contribution is 0.0725. The van der Waals surface area contributed by atoms with Gasteiger partial charge in [-0.25, -0.2) is 0 Å². The van der Waals surface area contributed by atoms with Crippen LogP contribution in [0.25, 0.3) is 0 Å². The van der Waals surface area contributed by atoms with Crippen LogP contribution in [-0.4, -0.2) is 47.8 Å². The molecule has 1 N–H and O–H groups in total. The summed E-state index contributed by atoms with van der Waals surface area (Å²) in [4.78, 5) is 30.1. The summed E-state index contributed by atoms with van der Waals surface area (Å²) in [5, 5.41) is 2.95. The van der Waals surface area contributed by atoms with Crippen molar-refractivity contribution in [1.82, 2.24) is 9.80 Å². The van der Waals surface area contributed by atoms with E-state index in [1.807, 2.05) is 41.3 Å². The summed E-state index contributed by atoms with van der Waals surface area (Å²) in [5.74, 6) is -0.180. The van der Waals surface area contributed by atoms with Gasteiger partial charge >= 0.3 is 0 Å². The smallest absolute Gasteiger partial charge is 0.255 e. The molecule has 0 unspecified atom stereocenters. The van der Waals surface area contributed by atoms with Gasteiger partial charge in [0, 0.05) is 25.2 Å². The van der Waals surface area contributed by atoms with Crippen LogP contribution < -0.4 is 5.32 Å². The molecule has 2 fully saturated rings. The number of likely N-dealkylation sites (tertiary alicyclic amines) is 2. The third-order valence-electron chi connectivity index (χ3n) is 6.12. The van der Waals surface area contributed by atoms with Crippen LogP contribution in [0.3, 0.4) is 0 Å². The third kappa shape index (κ3) is 5.08. The molecule has 30 heavy (non-hydrogen) atoms. The van der Waals surface area contributed by atoms with Crippen LogP contribution in [0.1, 0.15) is 64.8 Å². The molecule has 2 aromatic rings. The number of carbonyl (C=O) groups is 2. The fraction of sp³-hybridized carbons (Fsp3) is 0.440. The highest BCUT2D eigenvalue weighted by Gasteiger charge is 2.21. The number of hydrogen-bond acceptors (Lipinski definition) is 3. The molecule has 2 heterocycles. The standard InChI is InChI=1S/C25H31N3O2/c29-24(21-13-11-20(12-14-21)19-27-15-5-1-6-16-27)26-23-10-4-3-9-22(23)25(30)28-17-7-2-8-18-28/h3-4,9-14H,1-2,5-8,15-19H2,(H,26,29). The van der Waals surface area contributed by atoms with E-state index in [0.29, 0.717) is 16.8 Å². The topological polar surface area (TPSA) is 52.7 Å². The van der Waals surface area contributed by atoms with E-state index in [2.05, 4.69) is 10.2 Å². The van der Waals surface area contributed by atoms with E-state index >= 15 is 0 Å². The molecule has 0 aliphatic carbocycles. The highest BCUT2D eigenvalue weighted by molar-refractivity contribution is 6.09. The lowest BCUT2D eigenvalue weighted by Crippen LogP contribution is -2.36. The predicted molar refractivity (Wildman–Crippen MR) is 120 cm³/mol. The van der Waals surface area contributed by atoms with Gasteiger partial charge in [-0.2, -0.15) is 0 Å². The third-order valence-corrected chi connectivity index (χ3v) is 6.12. The van der Waals surface area contributed by atoms with Crippen LogP contribution >= 0.6 is 0 Å². The minimum Gasteiger partial charge on any atom is -0.339 e. The second-order valence-electron chi connectivity index (χ2n) is 8.39. The highest BCUT2D eigenvalue weighted by Crippen LogP contribution is 2.21. The maximum Gasteiger partial charge on any atom is 0.255 e. The van der Waals surface area contributed by atoms with Gasteiger partial charge in [-0.15, -0.1) is 0 Å². The number of piperidine rings is 2. The van der Waals surface area contributed by atoms with Crippen molar-refractivity contribution in [1.29, 1.82) is 0 Å². The van der Waals surface area contributed by atoms with Crippen molar-refractivity contribution in [2.75, 3.05) is 31.5 Å². The largest absolute Gasteiger partial charge is 0.339 e. The molecule has 158 valence electrons. The Kier molecular flexibility index (Phi) is 6.80. The van der Waals surface area contributed by atoms with Gasteiger partial charge in [-0.3, -0.25) is 14.5 Å². The van der Waals surface area contributed by atoms with E-state index in [1.54, 1.807) is 12.1 Å². The number of nitrogens with zero attached hydrogens (tertiary/aromatic N) is 2. The van der Waals surface area contributed by atoms with Crippen LogP contribution in [0, 0.1) is 0 Å². The molecule has 2 aromatic carbocycles. The monoisotopic (exact) mass is 405 g/mol. The Balaban J connectivity index is 1.41. The molecule has 2 amide bonds. The average molecular weight is 406 g/mol. The molecule has 0 saturated carbocycles. The Morgan fingerprint density at radius 1 is 0.767 bits per heavy atom. The van der Waals surface area contributed by atoms with Crippen molar-refractivity contribution in [3.63, 3.8) is 0 Å². The number of para-hydroxylation sites is 1. The maximum atomic E-state index is 12.9. The van der Waals surface area contributed by atoms with E-state index in [0.717, 1.165) is 45.6 Å². The second-order valence-corrected chi connectivity index (χ2v) is 8.39. The van der Waals surface area contributed by atoms with Crippen LogP contribution in [0.5, 0.6) is 0 Å². The lowest BCUT2D eigenvalue weighted by Gasteiger charge is -2.27. The Hall–Kier alpha value is -2.66. The first kappa shape index (κ1) is 20.6. The molecule has 5 heteroatoms. The first-order valence-corrected chi connectivity index (χ1v) is 11.2. The summed E-state index contributed by atoms with van der Waals surface area (Å²) in [6.45, 7) is 4.84. The Morgan fingerprint density at radius 3 is 2.10 bits per heavy atom. The fourth-order valence-corrected chi connectivity index (χ4v) is 4.38. The summed E-state index contributed by atoms with van der Waals surface area (Å²) in [6, 6.07) is 15.1. The van der Waals surface area contributed by atoms with E-state index < -0.39 is 0 Å². The molecule has 5 nitrogen and oxygen atoms in total. The van der Waals surface area contributed by atoms with Gasteiger partial charge in [-0.1, -0.05) is 30.7 Å². The van der Waals surface area contributed by atoms with Crippen molar-refractivity contribution in [3.8, 4) is 0 Å². The SMILES string of the molecule is O=C(Nc1ccccc1C(=O)N1CCCCC1)c1ccc(CN2CCCCC2)cc1. The Labute approximate surface area is 179 Å². The van der Waals surface area contributed by atoms with Crippen LogP contribution in [0.2, 0.25) is 0 Å². The van der Waals surface area contributed by atoms with Gasteiger partial charge in [-0.05, 0) is 75.0 Å². The quantitative estimate of drug-likeness (QED) is 0.794. The summed E-state index contributed by atoms with van der Waals surface area (Å²) in [6.07, 6.45) is 7.15. The van der Waals surface area contributed by atoms with Gasteiger partial charge in [0.05, 0.1) is 11.3 Å². The summed E-state index contributed by atoms with van der Waals surface area (Å²) < 4.78 is 0. The molecule has 0 bridgehead atoms. The van der Waals surface area contributed by atoms with Gasteiger partial charge < -0.3 is 10.2 Å². The molecule has 2 aliphatic rings. The van der Waals surface area contributed by atoms with E-state index in [9.17, 15) is 9.59 Å². The number of amides is 2. The lowest BCUT2D eigenvalue weighted by atomic mass is 10.1. The van der Waals surface area contributed by atoms with E-state index in [4.69, 9.17) is 0 Å². The van der Waals surface area contributed by atoms with Gasteiger partial charge in [0.25, 0.3) is 11.8 Å². The van der Waals surface area contributed by atoms with Crippen LogP contribution in [-0.2, 0) is 6.54 Å². The zero-order valence-corrected chi connectivity index (χ0v) is 17.6. The van der Waals surface area contributed by atoms with Gasteiger partial charge in [0.15, 0.2) is 0 Å². The molecule has 0 spiro atoms. The van der Waals surface area contributed by atoms with E-state index in [1.165, 1.54) is 31.2 Å². The zero-order valence-electron chi connectivity index (χ0n) is 17.6. The number of carbonyl (C=O) groups excluding carboxylic acids is 2. The van der Waals surface area contributed by atoms with Gasteiger partial charge in [0.1, 0.15) is 0 Å². The molecule has 0 radical (unpaired) electrons. The fourth-order valence-electron chi connectivity index (χ4n) is 4.38. The molecular formula is C25H31N3O2. The molecule has 2 saturated heterocycles. The number of anilines is 1. The number of nitrogens with one attached hydrogen (secondary N) is 1. The molecule has 4 rings (SSSR count). The normalized spacial score (nSPS) is 17.5. The molecule has 0 atom stereocenters. The summed E-state index contributed by atoms with van der Waals surface area (Å²) >= 11 is 0. The average Bonchev–Trinajstić information content (AvgIpc) is 2.81. The molecule has 0 aromatic heterocycles. The first-order chi connectivity index (χ1) is 14.7. The number of benzene rings is 2. The van der Waals surface area contributed by atoms with Crippen molar-refractivity contribution in [2.45, 2.75) is 45.1 Å². The van der Waals surface area contributed by atoms with Crippen molar-refractivity contribution in [2.24, 2.45) is 0 Å². The second kappa shape index (κ2) is 9.90. The van der Waals surface area contributed by atoms with Crippen molar-refractivity contribution < 1.29 is 9.59 Å². The maximum absolute atomic E-state index is 12.9. The minimum atomic E-state index is -0.182. The highest BCUT2D eigenvalue weighted by atomic mass is 16.2. The van der Waals surface area contributed by atoms with Crippen LogP contribution in [0.15, 0.2) is 48.5 Å². The minimum absolute atomic E-state index is 0.00230. The van der Waals surface area contributed by atoms with Crippen molar-refractivity contribution in [3.05, 3.63) is 65.2 Å². The van der Waals surface area contributed by atoms with Crippen molar-refractivity contribution >= 4 is 17.5 Å². The predicted octanol–water partition coefficient (Wildman–Crippen LogP) is 4.55. The summed E-state index contributed by atoms with van der Waals surface area (Å²) in [7, 11) is 0. The van der Waals surface area contributed by atoms with E-state index in [-0.39, 0.29) is 11.8 Å². The number of rotatable bonds is 5. The first-order valence-electron chi connectivity index (χ1n) is 11.2. The summed E-state index contributed by atoms with van der Waals surface area (Å²) in [5.41, 5.74) is 2.98. The Morgan fingerprint density at radius 2 is 1.40 bits per heavy atom. The molecule has 2 aliphatic heterocycles. The van der Waals surface area contributed by atoms with Gasteiger partial charge in [0.2, 0.25) is 0 Å². The number of hydrogen-bond donors (Lipinski definition) is 1. The Bertz CT molecular complexity index is 866. The molecular weight excluding hydrogens is 374 g/mol.